The number of nitrogens with zero attached hydrogens (tertiary/aromatic N) is 2. The molecule has 0 spiro atoms. The predicted octanol–water partition coefficient (Wildman–Crippen LogP) is 2.63. The molecule has 3 heterocycles. The highest BCUT2D eigenvalue weighted by Crippen LogP contribution is 2.25. The van der Waals surface area contributed by atoms with Crippen LogP contribution in [-0.2, 0) is 11.3 Å². The van der Waals surface area contributed by atoms with Gasteiger partial charge in [-0.25, -0.2) is 4.98 Å². The van der Waals surface area contributed by atoms with Crippen LogP contribution >= 0.6 is 11.3 Å². The second-order valence-corrected chi connectivity index (χ2v) is 6.12. The Hall–Kier alpha value is -1.17. The highest BCUT2D eigenvalue weighted by atomic mass is 32.1. The Kier molecular flexibility index (Phi) is 4.50. The van der Waals surface area contributed by atoms with Gasteiger partial charge in [0, 0.05) is 37.5 Å². The van der Waals surface area contributed by atoms with Crippen LogP contribution in [0.2, 0.25) is 0 Å². The Labute approximate surface area is 123 Å². The molecular weight excluding hydrogens is 270 g/mol. The number of thiophene rings is 1. The van der Waals surface area contributed by atoms with E-state index in [0.29, 0.717) is 12.0 Å². The van der Waals surface area contributed by atoms with Crippen molar-refractivity contribution in [1.29, 1.82) is 0 Å². The monoisotopic (exact) mass is 291 g/mol. The lowest BCUT2D eigenvalue weighted by molar-refractivity contribution is 0.174. The third-order valence-electron chi connectivity index (χ3n) is 3.85. The summed E-state index contributed by atoms with van der Waals surface area (Å²) >= 11 is 1.74. The quantitative estimate of drug-likeness (QED) is 0.889. The highest BCUT2D eigenvalue weighted by Gasteiger charge is 2.26. The highest BCUT2D eigenvalue weighted by molar-refractivity contribution is 7.13. The first-order valence-electron chi connectivity index (χ1n) is 7.24. The Morgan fingerprint density at radius 1 is 1.60 bits per heavy atom. The van der Waals surface area contributed by atoms with Gasteiger partial charge in [-0.15, -0.1) is 11.3 Å². The molecule has 1 saturated heterocycles. The van der Waals surface area contributed by atoms with E-state index < -0.39 is 0 Å². The lowest BCUT2D eigenvalue weighted by Gasteiger charge is -2.24. The third kappa shape index (κ3) is 2.95. The molecule has 2 aromatic heterocycles. The smallest absolute Gasteiger partial charge is 0.150 e. The molecule has 2 atom stereocenters. The minimum absolute atomic E-state index is 0.454. The number of aromatic nitrogens is 2. The average Bonchev–Trinajstić information content (AvgIpc) is 3.20. The molecule has 0 aliphatic carbocycles. The van der Waals surface area contributed by atoms with Gasteiger partial charge < -0.3 is 14.6 Å². The van der Waals surface area contributed by atoms with Gasteiger partial charge in [0.05, 0.1) is 11.5 Å². The predicted molar refractivity (Wildman–Crippen MR) is 81.9 cm³/mol. The van der Waals surface area contributed by atoms with Crippen LogP contribution in [0.4, 0.5) is 0 Å². The zero-order chi connectivity index (χ0) is 13.8. The minimum atomic E-state index is 0.454. The van der Waals surface area contributed by atoms with Gasteiger partial charge in [0.25, 0.3) is 0 Å². The van der Waals surface area contributed by atoms with Crippen LogP contribution in [0.1, 0.15) is 13.3 Å². The number of hydrogen-bond donors (Lipinski definition) is 1. The first kappa shape index (κ1) is 13.8. The SMILES string of the molecule is CCNC(Cn1ccnc1-c1cccs1)C1CCOC1. The van der Waals surface area contributed by atoms with Crippen LogP contribution in [0.5, 0.6) is 0 Å². The van der Waals surface area contributed by atoms with Crippen LogP contribution in [0.3, 0.4) is 0 Å². The number of ether oxygens (including phenoxy) is 1. The molecule has 1 fully saturated rings. The number of imidazole rings is 1. The van der Waals surface area contributed by atoms with E-state index in [4.69, 9.17) is 4.74 Å². The molecule has 2 aromatic rings. The molecule has 1 aliphatic rings. The lowest BCUT2D eigenvalue weighted by Crippen LogP contribution is -2.40. The van der Waals surface area contributed by atoms with Gasteiger partial charge in [0.1, 0.15) is 5.82 Å². The molecule has 3 rings (SSSR count). The summed E-state index contributed by atoms with van der Waals surface area (Å²) in [5, 5.41) is 5.71. The van der Waals surface area contributed by atoms with E-state index in [1.54, 1.807) is 11.3 Å². The van der Waals surface area contributed by atoms with Crippen LogP contribution < -0.4 is 5.32 Å². The van der Waals surface area contributed by atoms with Gasteiger partial charge in [0.2, 0.25) is 0 Å². The van der Waals surface area contributed by atoms with Gasteiger partial charge in [-0.05, 0) is 24.4 Å². The number of nitrogens with one attached hydrogen (secondary N) is 1. The molecule has 0 aromatic carbocycles. The second kappa shape index (κ2) is 6.52. The van der Waals surface area contributed by atoms with Gasteiger partial charge in [-0.2, -0.15) is 0 Å². The summed E-state index contributed by atoms with van der Waals surface area (Å²) < 4.78 is 7.80. The van der Waals surface area contributed by atoms with Gasteiger partial charge in [0.15, 0.2) is 0 Å². The summed E-state index contributed by atoms with van der Waals surface area (Å²) in [6.07, 6.45) is 5.12. The first-order valence-corrected chi connectivity index (χ1v) is 8.12. The summed E-state index contributed by atoms with van der Waals surface area (Å²) in [5.41, 5.74) is 0. The van der Waals surface area contributed by atoms with Gasteiger partial charge in [-0.1, -0.05) is 13.0 Å². The molecular formula is C15H21N3OS. The number of rotatable bonds is 6. The van der Waals surface area contributed by atoms with Crippen molar-refractivity contribution in [2.45, 2.75) is 25.9 Å². The van der Waals surface area contributed by atoms with E-state index >= 15 is 0 Å². The minimum Gasteiger partial charge on any atom is -0.381 e. The molecule has 1 N–H and O–H groups in total. The maximum absolute atomic E-state index is 5.54. The average molecular weight is 291 g/mol. The molecule has 5 heteroatoms. The summed E-state index contributed by atoms with van der Waals surface area (Å²) in [6, 6.07) is 4.66. The maximum atomic E-state index is 5.54. The number of likely N-dealkylation sites (N-methyl/N-ethyl adjacent to an activating group) is 1. The third-order valence-corrected chi connectivity index (χ3v) is 4.72. The van der Waals surface area contributed by atoms with Crippen molar-refractivity contribution in [3.05, 3.63) is 29.9 Å². The van der Waals surface area contributed by atoms with Crippen molar-refractivity contribution in [3.8, 4) is 10.7 Å². The molecule has 0 radical (unpaired) electrons. The second-order valence-electron chi connectivity index (χ2n) is 5.17. The normalized spacial score (nSPS) is 20.4. The standard InChI is InChI=1S/C15H21N3OS/c1-2-16-13(12-5-8-19-11-12)10-18-7-6-17-15(18)14-4-3-9-20-14/h3-4,6-7,9,12-13,16H,2,5,8,10-11H2,1H3. The summed E-state index contributed by atoms with van der Waals surface area (Å²) in [7, 11) is 0. The van der Waals surface area contributed by atoms with E-state index in [2.05, 4.69) is 45.5 Å². The first-order chi connectivity index (χ1) is 9.88. The van der Waals surface area contributed by atoms with Crippen molar-refractivity contribution in [2.24, 2.45) is 5.92 Å². The van der Waals surface area contributed by atoms with Gasteiger partial charge >= 0.3 is 0 Å². The zero-order valence-corrected chi connectivity index (χ0v) is 12.6. The van der Waals surface area contributed by atoms with E-state index in [-0.39, 0.29) is 0 Å². The Bertz CT molecular complexity index is 517. The van der Waals surface area contributed by atoms with Crippen LogP contribution in [-0.4, -0.2) is 35.4 Å². The molecule has 2 unspecified atom stereocenters. The molecule has 0 bridgehead atoms. The Morgan fingerprint density at radius 3 is 3.25 bits per heavy atom. The maximum Gasteiger partial charge on any atom is 0.150 e. The Morgan fingerprint density at radius 2 is 2.55 bits per heavy atom. The van der Waals surface area contributed by atoms with Crippen LogP contribution in [0.15, 0.2) is 29.9 Å². The van der Waals surface area contributed by atoms with Crippen LogP contribution in [0.25, 0.3) is 10.7 Å². The van der Waals surface area contributed by atoms with E-state index in [0.717, 1.165) is 38.5 Å². The van der Waals surface area contributed by atoms with Crippen molar-refractivity contribution in [2.75, 3.05) is 19.8 Å². The van der Waals surface area contributed by atoms with Crippen LogP contribution in [0, 0.1) is 5.92 Å². The molecule has 20 heavy (non-hydrogen) atoms. The fourth-order valence-corrected chi connectivity index (χ4v) is 3.55. The molecule has 108 valence electrons. The van der Waals surface area contributed by atoms with Crippen molar-refractivity contribution >= 4 is 11.3 Å². The van der Waals surface area contributed by atoms with Crippen molar-refractivity contribution < 1.29 is 4.74 Å². The topological polar surface area (TPSA) is 39.1 Å². The molecule has 4 nitrogen and oxygen atoms in total. The summed E-state index contributed by atoms with van der Waals surface area (Å²) in [6.45, 7) is 5.88. The van der Waals surface area contributed by atoms with Crippen molar-refractivity contribution in [3.63, 3.8) is 0 Å². The largest absolute Gasteiger partial charge is 0.381 e. The fourth-order valence-electron chi connectivity index (χ4n) is 2.81. The molecule has 0 saturated carbocycles. The molecule has 1 aliphatic heterocycles. The molecule has 0 amide bonds. The number of hydrogen-bond acceptors (Lipinski definition) is 4. The fraction of sp³-hybridized carbons (Fsp3) is 0.533. The Balaban J connectivity index is 1.77. The van der Waals surface area contributed by atoms with E-state index in [9.17, 15) is 0 Å². The summed E-state index contributed by atoms with van der Waals surface area (Å²) in [5.74, 6) is 1.68. The summed E-state index contributed by atoms with van der Waals surface area (Å²) in [4.78, 5) is 5.74. The van der Waals surface area contributed by atoms with Gasteiger partial charge in [-0.3, -0.25) is 0 Å². The van der Waals surface area contributed by atoms with E-state index in [1.165, 1.54) is 4.88 Å². The zero-order valence-electron chi connectivity index (χ0n) is 11.8. The van der Waals surface area contributed by atoms with E-state index in [1.807, 2.05) is 6.20 Å². The van der Waals surface area contributed by atoms with Crippen molar-refractivity contribution in [1.82, 2.24) is 14.9 Å². The lowest BCUT2D eigenvalue weighted by atomic mass is 9.99.